The van der Waals surface area contributed by atoms with Crippen molar-refractivity contribution in [2.24, 2.45) is 0 Å². The van der Waals surface area contributed by atoms with Gasteiger partial charge in [-0.15, -0.1) is 0 Å². The minimum Gasteiger partial charge on any atom is -0.497 e. The molecule has 0 bridgehead atoms. The molecule has 0 aliphatic rings. The summed E-state index contributed by atoms with van der Waals surface area (Å²) < 4.78 is 7.42. The predicted molar refractivity (Wildman–Crippen MR) is 76.0 cm³/mol. The van der Waals surface area contributed by atoms with Crippen molar-refractivity contribution in [3.63, 3.8) is 0 Å². The second-order valence-corrected chi connectivity index (χ2v) is 4.81. The Balaban J connectivity index is 2.04. The fraction of sp³-hybridized carbons (Fsp3) is 0.167. The van der Waals surface area contributed by atoms with Gasteiger partial charge in [0.2, 0.25) is 5.91 Å². The first-order valence-corrected chi connectivity index (χ1v) is 6.28. The van der Waals surface area contributed by atoms with Crippen molar-refractivity contribution < 1.29 is 9.53 Å². The van der Waals surface area contributed by atoms with Crippen molar-refractivity contribution in [1.29, 1.82) is 0 Å². The molecule has 0 aliphatic heterocycles. The lowest BCUT2D eigenvalue weighted by atomic mass is 10.3. The molecule has 0 saturated carbocycles. The average Bonchev–Trinajstić information content (AvgIpc) is 2.73. The lowest BCUT2D eigenvalue weighted by molar-refractivity contribution is -0.116. The molecule has 1 heterocycles. The van der Waals surface area contributed by atoms with Crippen molar-refractivity contribution in [3.05, 3.63) is 35.1 Å². The second kappa shape index (κ2) is 5.75. The van der Waals surface area contributed by atoms with Crippen LogP contribution in [0, 0.1) is 0 Å². The van der Waals surface area contributed by atoms with Gasteiger partial charge in [0, 0.05) is 22.4 Å². The molecule has 6 nitrogen and oxygen atoms in total. The summed E-state index contributed by atoms with van der Waals surface area (Å²) >= 11 is 3.35. The van der Waals surface area contributed by atoms with E-state index in [9.17, 15) is 4.79 Å². The number of carbonyl (C=O) groups is 1. The second-order valence-electron chi connectivity index (χ2n) is 3.90. The Hall–Kier alpha value is -2.02. The Morgan fingerprint density at radius 3 is 2.95 bits per heavy atom. The molecule has 7 heteroatoms. The summed E-state index contributed by atoms with van der Waals surface area (Å²) in [6.45, 7) is 0.103. The van der Waals surface area contributed by atoms with Gasteiger partial charge >= 0.3 is 0 Å². The molecule has 100 valence electrons. The molecule has 0 atom stereocenters. The normalized spacial score (nSPS) is 10.2. The van der Waals surface area contributed by atoms with Crippen molar-refractivity contribution >= 4 is 33.2 Å². The van der Waals surface area contributed by atoms with E-state index in [0.717, 1.165) is 4.47 Å². The van der Waals surface area contributed by atoms with Gasteiger partial charge in [0.15, 0.2) is 0 Å². The van der Waals surface area contributed by atoms with Gasteiger partial charge in [-0.3, -0.25) is 9.48 Å². The van der Waals surface area contributed by atoms with E-state index in [4.69, 9.17) is 10.5 Å². The quantitative estimate of drug-likeness (QED) is 0.899. The zero-order chi connectivity index (χ0) is 13.8. The van der Waals surface area contributed by atoms with Crippen LogP contribution < -0.4 is 15.8 Å². The number of rotatable bonds is 4. The van der Waals surface area contributed by atoms with Crippen LogP contribution in [0.15, 0.2) is 35.1 Å². The lowest BCUT2D eigenvalue weighted by Gasteiger charge is -2.08. The van der Waals surface area contributed by atoms with Crippen molar-refractivity contribution in [2.75, 3.05) is 18.2 Å². The minimum absolute atomic E-state index is 0.103. The highest BCUT2D eigenvalue weighted by Crippen LogP contribution is 2.24. The first-order chi connectivity index (χ1) is 9.06. The Bertz CT molecular complexity index is 597. The molecule has 1 aromatic heterocycles. The fourth-order valence-electron chi connectivity index (χ4n) is 1.57. The number of methoxy groups -OCH3 is 1. The number of aromatic nitrogens is 2. The van der Waals surface area contributed by atoms with E-state index in [1.54, 1.807) is 25.4 Å². The molecule has 1 amide bonds. The fourth-order valence-corrected chi connectivity index (χ4v) is 2.04. The summed E-state index contributed by atoms with van der Waals surface area (Å²) in [5.74, 6) is 0.469. The average molecular weight is 325 g/mol. The van der Waals surface area contributed by atoms with Crippen molar-refractivity contribution in [3.8, 4) is 5.75 Å². The number of halogens is 1. The van der Waals surface area contributed by atoms with Gasteiger partial charge in [0.25, 0.3) is 0 Å². The predicted octanol–water partition coefficient (Wildman–Crippen LogP) is 1.88. The topological polar surface area (TPSA) is 82.2 Å². The van der Waals surface area contributed by atoms with Gasteiger partial charge in [0.05, 0.1) is 19.0 Å². The number of hydrogen-bond donors (Lipinski definition) is 2. The van der Waals surface area contributed by atoms with E-state index in [-0.39, 0.29) is 12.5 Å². The minimum atomic E-state index is -0.191. The maximum absolute atomic E-state index is 11.8. The van der Waals surface area contributed by atoms with Gasteiger partial charge in [0.1, 0.15) is 12.3 Å². The molecule has 0 saturated heterocycles. The number of nitrogens with one attached hydrogen (secondary N) is 1. The van der Waals surface area contributed by atoms with Crippen LogP contribution in [0.4, 0.5) is 11.4 Å². The summed E-state index contributed by atoms with van der Waals surface area (Å²) in [4.78, 5) is 11.8. The first-order valence-electron chi connectivity index (χ1n) is 5.49. The monoisotopic (exact) mass is 324 g/mol. The Kier molecular flexibility index (Phi) is 4.06. The van der Waals surface area contributed by atoms with Crippen LogP contribution in [-0.2, 0) is 11.3 Å². The largest absolute Gasteiger partial charge is 0.497 e. The van der Waals surface area contributed by atoms with E-state index in [1.807, 2.05) is 6.07 Å². The van der Waals surface area contributed by atoms with Crippen LogP contribution in [0.25, 0.3) is 0 Å². The number of nitrogens with zero attached hydrogens (tertiary/aromatic N) is 2. The molecular formula is C12H13BrN4O2. The Labute approximate surface area is 118 Å². The van der Waals surface area contributed by atoms with E-state index in [0.29, 0.717) is 17.1 Å². The van der Waals surface area contributed by atoms with Crippen LogP contribution >= 0.6 is 15.9 Å². The molecule has 19 heavy (non-hydrogen) atoms. The smallest absolute Gasteiger partial charge is 0.246 e. The van der Waals surface area contributed by atoms with Gasteiger partial charge in [-0.2, -0.15) is 5.10 Å². The summed E-state index contributed by atoms with van der Waals surface area (Å²) in [6, 6.07) is 5.34. The van der Waals surface area contributed by atoms with Crippen molar-refractivity contribution in [2.45, 2.75) is 6.54 Å². The molecular weight excluding hydrogens is 312 g/mol. The third kappa shape index (κ3) is 3.72. The Morgan fingerprint density at radius 2 is 2.32 bits per heavy atom. The number of amides is 1. The van der Waals surface area contributed by atoms with Crippen LogP contribution in [0.2, 0.25) is 0 Å². The molecule has 0 spiro atoms. The molecule has 0 aliphatic carbocycles. The van der Waals surface area contributed by atoms with Crippen LogP contribution in [0.3, 0.4) is 0 Å². The molecule has 0 radical (unpaired) electrons. The molecule has 0 fully saturated rings. The number of benzene rings is 1. The van der Waals surface area contributed by atoms with Crippen molar-refractivity contribution in [1.82, 2.24) is 9.78 Å². The van der Waals surface area contributed by atoms with Gasteiger partial charge in [-0.1, -0.05) is 15.9 Å². The third-order valence-electron chi connectivity index (χ3n) is 2.35. The maximum atomic E-state index is 11.8. The highest BCUT2D eigenvalue weighted by molar-refractivity contribution is 9.10. The van der Waals surface area contributed by atoms with Gasteiger partial charge in [-0.05, 0) is 12.1 Å². The summed E-state index contributed by atoms with van der Waals surface area (Å²) in [6.07, 6.45) is 3.09. The van der Waals surface area contributed by atoms with E-state index < -0.39 is 0 Å². The summed E-state index contributed by atoms with van der Waals surface area (Å²) in [5, 5.41) is 6.71. The number of nitrogens with two attached hydrogens (primary N) is 1. The van der Waals surface area contributed by atoms with Crippen LogP contribution in [0.1, 0.15) is 0 Å². The molecule has 1 aromatic carbocycles. The van der Waals surface area contributed by atoms with Crippen LogP contribution in [0.5, 0.6) is 5.75 Å². The zero-order valence-electron chi connectivity index (χ0n) is 10.3. The highest BCUT2D eigenvalue weighted by atomic mass is 79.9. The van der Waals surface area contributed by atoms with E-state index in [1.165, 1.54) is 10.9 Å². The summed E-state index contributed by atoms with van der Waals surface area (Å²) in [5.41, 5.74) is 6.70. The number of nitrogen functional groups attached to an aromatic ring is 1. The number of hydrogen-bond acceptors (Lipinski definition) is 4. The number of anilines is 2. The molecule has 2 rings (SSSR count). The number of carbonyl (C=O) groups excluding carboxylic acids is 1. The first kappa shape index (κ1) is 13.4. The molecule has 3 N–H and O–H groups in total. The molecule has 2 aromatic rings. The lowest BCUT2D eigenvalue weighted by Crippen LogP contribution is -2.19. The standard InChI is InChI=1S/C12H13BrN4O2/c1-19-11-3-8(13)2-10(4-11)16-12(18)7-17-6-9(14)5-15-17/h2-6H,7,14H2,1H3,(H,16,18). The zero-order valence-corrected chi connectivity index (χ0v) is 11.8. The summed E-state index contributed by atoms with van der Waals surface area (Å²) in [7, 11) is 1.57. The SMILES string of the molecule is COc1cc(Br)cc(NC(=O)Cn2cc(N)cn2)c1. The van der Waals surface area contributed by atoms with Gasteiger partial charge < -0.3 is 15.8 Å². The van der Waals surface area contributed by atoms with Crippen LogP contribution in [-0.4, -0.2) is 22.8 Å². The van der Waals surface area contributed by atoms with E-state index >= 15 is 0 Å². The maximum Gasteiger partial charge on any atom is 0.246 e. The highest BCUT2D eigenvalue weighted by Gasteiger charge is 2.06. The number of ether oxygens (including phenoxy) is 1. The molecule has 0 unspecified atom stereocenters. The Morgan fingerprint density at radius 1 is 1.53 bits per heavy atom. The van der Waals surface area contributed by atoms with Gasteiger partial charge in [-0.25, -0.2) is 0 Å². The van der Waals surface area contributed by atoms with E-state index in [2.05, 4.69) is 26.3 Å². The third-order valence-corrected chi connectivity index (χ3v) is 2.81.